The number of nitrogens with zero attached hydrogens (tertiary/aromatic N) is 1. The molecule has 0 aliphatic rings. The minimum Gasteiger partial charge on any atom is -0.336 e. The monoisotopic (exact) mass is 317 g/mol. The minimum absolute atomic E-state index is 0.247. The molecule has 1 heterocycles. The van der Waals surface area contributed by atoms with Gasteiger partial charge in [0.25, 0.3) is 0 Å². The number of halogens is 3. The van der Waals surface area contributed by atoms with Crippen LogP contribution in [0, 0.1) is 5.82 Å². The molecule has 0 aliphatic carbocycles. The zero-order valence-electron chi connectivity index (χ0n) is 8.75. The van der Waals surface area contributed by atoms with E-state index in [1.807, 2.05) is 0 Å². The predicted molar refractivity (Wildman–Crippen MR) is 68.6 cm³/mol. The van der Waals surface area contributed by atoms with Crippen molar-refractivity contribution < 1.29 is 4.39 Å². The Balaban J connectivity index is 2.45. The zero-order valence-corrected chi connectivity index (χ0v) is 11.1. The van der Waals surface area contributed by atoms with Crippen molar-refractivity contribution in [1.82, 2.24) is 9.97 Å². The van der Waals surface area contributed by atoms with Gasteiger partial charge in [0.1, 0.15) is 16.2 Å². The van der Waals surface area contributed by atoms with Crippen LogP contribution in [0.2, 0.25) is 5.02 Å². The molecule has 1 atom stereocenters. The van der Waals surface area contributed by atoms with E-state index in [4.69, 9.17) is 17.3 Å². The molecule has 0 bridgehead atoms. The van der Waals surface area contributed by atoms with E-state index in [1.165, 1.54) is 12.1 Å². The van der Waals surface area contributed by atoms with Crippen molar-refractivity contribution in [2.45, 2.75) is 5.92 Å². The first kappa shape index (κ1) is 12.5. The Bertz CT molecular complexity index is 529. The molecule has 1 unspecified atom stereocenters. The van der Waals surface area contributed by atoms with Crippen LogP contribution in [0.1, 0.15) is 17.3 Å². The van der Waals surface area contributed by atoms with Gasteiger partial charge in [-0.1, -0.05) is 11.6 Å². The van der Waals surface area contributed by atoms with Gasteiger partial charge in [0.05, 0.1) is 12.1 Å². The van der Waals surface area contributed by atoms with Crippen molar-refractivity contribution in [3.63, 3.8) is 0 Å². The zero-order chi connectivity index (χ0) is 12.4. The molecular weight excluding hydrogens is 308 g/mol. The van der Waals surface area contributed by atoms with Gasteiger partial charge in [-0.05, 0) is 34.1 Å². The van der Waals surface area contributed by atoms with Crippen LogP contribution in [0.15, 0.2) is 29.0 Å². The lowest BCUT2D eigenvalue weighted by Crippen LogP contribution is -2.16. The fourth-order valence-electron chi connectivity index (χ4n) is 1.66. The number of benzene rings is 1. The van der Waals surface area contributed by atoms with E-state index in [0.29, 0.717) is 16.4 Å². The third kappa shape index (κ3) is 2.68. The Labute approximate surface area is 111 Å². The Morgan fingerprint density at radius 1 is 1.53 bits per heavy atom. The van der Waals surface area contributed by atoms with Crippen LogP contribution in [-0.4, -0.2) is 16.5 Å². The number of aromatic amines is 1. The van der Waals surface area contributed by atoms with Crippen LogP contribution in [0.3, 0.4) is 0 Å². The summed E-state index contributed by atoms with van der Waals surface area (Å²) in [6.45, 7) is 0.247. The number of nitrogens with one attached hydrogen (secondary N) is 1. The van der Waals surface area contributed by atoms with Crippen molar-refractivity contribution >= 4 is 27.5 Å². The molecule has 3 N–H and O–H groups in total. The summed E-state index contributed by atoms with van der Waals surface area (Å²) in [5.41, 5.74) is 6.13. The van der Waals surface area contributed by atoms with Gasteiger partial charge in [0.15, 0.2) is 0 Å². The van der Waals surface area contributed by atoms with E-state index in [-0.39, 0.29) is 18.3 Å². The van der Waals surface area contributed by atoms with Crippen LogP contribution in [-0.2, 0) is 0 Å². The Morgan fingerprint density at radius 3 is 2.88 bits per heavy atom. The van der Waals surface area contributed by atoms with E-state index >= 15 is 0 Å². The normalized spacial score (nSPS) is 12.7. The first-order valence-electron chi connectivity index (χ1n) is 4.97. The number of imidazole rings is 1. The quantitative estimate of drug-likeness (QED) is 0.914. The molecule has 0 saturated carbocycles. The van der Waals surface area contributed by atoms with Crippen molar-refractivity contribution in [3.8, 4) is 0 Å². The Kier molecular flexibility index (Phi) is 3.81. The number of rotatable bonds is 3. The highest BCUT2D eigenvalue weighted by molar-refractivity contribution is 9.10. The van der Waals surface area contributed by atoms with Crippen molar-refractivity contribution in [2.75, 3.05) is 6.54 Å². The maximum Gasteiger partial charge on any atom is 0.127 e. The van der Waals surface area contributed by atoms with E-state index in [2.05, 4.69) is 25.9 Å². The van der Waals surface area contributed by atoms with Crippen molar-refractivity contribution in [1.29, 1.82) is 0 Å². The highest BCUT2D eigenvalue weighted by Gasteiger charge is 2.19. The van der Waals surface area contributed by atoms with E-state index in [1.54, 1.807) is 12.3 Å². The molecule has 17 heavy (non-hydrogen) atoms. The van der Waals surface area contributed by atoms with Gasteiger partial charge in [0, 0.05) is 17.1 Å². The Hall–Kier alpha value is -0.910. The molecule has 1 aromatic carbocycles. The summed E-state index contributed by atoms with van der Waals surface area (Å²) in [4.78, 5) is 7.13. The molecule has 0 saturated heterocycles. The summed E-state index contributed by atoms with van der Waals surface area (Å²) >= 11 is 9.12. The molecule has 2 rings (SSSR count). The smallest absolute Gasteiger partial charge is 0.127 e. The van der Waals surface area contributed by atoms with Gasteiger partial charge in [0.2, 0.25) is 0 Å². The highest BCUT2D eigenvalue weighted by atomic mass is 79.9. The third-order valence-electron chi connectivity index (χ3n) is 2.46. The molecule has 1 aromatic heterocycles. The second-order valence-electron chi connectivity index (χ2n) is 3.57. The van der Waals surface area contributed by atoms with E-state index in [0.717, 1.165) is 4.60 Å². The fraction of sp³-hybridized carbons (Fsp3) is 0.182. The number of aromatic nitrogens is 2. The third-order valence-corrected chi connectivity index (χ3v) is 3.10. The lowest BCUT2D eigenvalue weighted by atomic mass is 9.98. The summed E-state index contributed by atoms with van der Waals surface area (Å²) in [6, 6.07) is 4.41. The van der Waals surface area contributed by atoms with E-state index < -0.39 is 0 Å². The predicted octanol–water partition coefficient (Wildman–Crippen LogP) is 3.06. The summed E-state index contributed by atoms with van der Waals surface area (Å²) in [6.07, 6.45) is 1.61. The van der Waals surface area contributed by atoms with Gasteiger partial charge in [-0.2, -0.15) is 0 Å². The highest BCUT2D eigenvalue weighted by Crippen LogP contribution is 2.27. The Morgan fingerprint density at radius 2 is 2.29 bits per heavy atom. The molecule has 3 nitrogen and oxygen atoms in total. The molecule has 0 fully saturated rings. The molecule has 0 amide bonds. The molecular formula is C11H10BrClFN3. The molecule has 0 aliphatic heterocycles. The molecule has 0 radical (unpaired) electrons. The van der Waals surface area contributed by atoms with Crippen molar-refractivity contribution in [2.24, 2.45) is 5.73 Å². The van der Waals surface area contributed by atoms with Gasteiger partial charge in [-0.3, -0.25) is 0 Å². The minimum atomic E-state index is -0.336. The number of hydrogen-bond acceptors (Lipinski definition) is 2. The molecule has 2 aromatic rings. The first-order chi connectivity index (χ1) is 8.11. The summed E-state index contributed by atoms with van der Waals surface area (Å²) in [7, 11) is 0. The number of H-pyrrole nitrogens is 1. The molecule has 6 heteroatoms. The number of nitrogens with two attached hydrogens (primary N) is 1. The largest absolute Gasteiger partial charge is 0.336 e. The molecule has 0 spiro atoms. The second-order valence-corrected chi connectivity index (χ2v) is 4.86. The average Bonchev–Trinajstić information content (AvgIpc) is 2.71. The first-order valence-corrected chi connectivity index (χ1v) is 6.14. The molecule has 90 valence electrons. The van der Waals surface area contributed by atoms with Crippen LogP contribution < -0.4 is 5.73 Å². The fourth-order valence-corrected chi connectivity index (χ4v) is 2.14. The van der Waals surface area contributed by atoms with Gasteiger partial charge >= 0.3 is 0 Å². The lowest BCUT2D eigenvalue weighted by molar-refractivity contribution is 0.592. The summed E-state index contributed by atoms with van der Waals surface area (Å²) in [5.74, 6) is -0.0575. The average molecular weight is 319 g/mol. The van der Waals surface area contributed by atoms with Gasteiger partial charge in [-0.15, -0.1) is 0 Å². The van der Waals surface area contributed by atoms with Crippen molar-refractivity contribution in [3.05, 3.63) is 51.2 Å². The number of hydrogen-bond donors (Lipinski definition) is 2. The van der Waals surface area contributed by atoms with Crippen LogP contribution in [0.25, 0.3) is 0 Å². The van der Waals surface area contributed by atoms with Gasteiger partial charge in [-0.25, -0.2) is 9.37 Å². The van der Waals surface area contributed by atoms with Crippen LogP contribution in [0.5, 0.6) is 0 Å². The maximum atomic E-state index is 13.7. The van der Waals surface area contributed by atoms with Gasteiger partial charge < -0.3 is 10.7 Å². The summed E-state index contributed by atoms with van der Waals surface area (Å²) < 4.78 is 14.5. The standard InChI is InChI=1S/C11H10BrClFN3/c12-10-5-16-11(17-10)8(4-15)7-3-6(13)1-2-9(7)14/h1-3,5,8H,4,15H2,(H,16,17). The van der Waals surface area contributed by atoms with Crippen LogP contribution in [0.4, 0.5) is 4.39 Å². The summed E-state index contributed by atoms with van der Waals surface area (Å²) in [5, 5.41) is 0.477. The lowest BCUT2D eigenvalue weighted by Gasteiger charge is -2.13. The van der Waals surface area contributed by atoms with Crippen LogP contribution >= 0.6 is 27.5 Å². The second kappa shape index (κ2) is 5.16. The topological polar surface area (TPSA) is 54.7 Å². The SMILES string of the molecule is NCC(c1ncc(Br)[nH]1)c1cc(Cl)ccc1F. The maximum absolute atomic E-state index is 13.7. The van der Waals surface area contributed by atoms with E-state index in [9.17, 15) is 4.39 Å².